The Balaban J connectivity index is 1.24. The lowest BCUT2D eigenvalue weighted by molar-refractivity contribution is 0.203. The van der Waals surface area contributed by atoms with E-state index in [0.717, 1.165) is 60.7 Å². The number of anilines is 2. The molecular formula is C24H25FN6. The summed E-state index contributed by atoms with van der Waals surface area (Å²) >= 11 is 0. The minimum absolute atomic E-state index is 0.184. The molecule has 3 aromatic heterocycles. The number of hydrogen-bond acceptors (Lipinski definition) is 5. The second-order valence-electron chi connectivity index (χ2n) is 8.15. The Morgan fingerprint density at radius 2 is 1.97 bits per heavy atom. The fourth-order valence-electron chi connectivity index (χ4n) is 4.41. The fourth-order valence-corrected chi connectivity index (χ4v) is 4.41. The zero-order chi connectivity index (χ0) is 21.2. The van der Waals surface area contributed by atoms with Crippen molar-refractivity contribution in [1.82, 2.24) is 24.4 Å². The third kappa shape index (κ3) is 4.27. The number of halogens is 1. The van der Waals surface area contributed by atoms with E-state index in [1.807, 2.05) is 37.5 Å². The molecule has 1 saturated heterocycles. The van der Waals surface area contributed by atoms with E-state index < -0.39 is 0 Å². The predicted octanol–water partition coefficient (Wildman–Crippen LogP) is 4.63. The van der Waals surface area contributed by atoms with Crippen molar-refractivity contribution >= 4 is 22.5 Å². The van der Waals surface area contributed by atoms with Crippen LogP contribution in [0.25, 0.3) is 10.9 Å². The molecule has 5 rings (SSSR count). The molecule has 1 aromatic carbocycles. The van der Waals surface area contributed by atoms with E-state index in [1.165, 1.54) is 11.6 Å². The van der Waals surface area contributed by atoms with E-state index in [-0.39, 0.29) is 5.82 Å². The Labute approximate surface area is 180 Å². The lowest BCUT2D eigenvalue weighted by Gasteiger charge is -2.31. The highest BCUT2D eigenvalue weighted by Crippen LogP contribution is 2.29. The summed E-state index contributed by atoms with van der Waals surface area (Å²) in [6.07, 6.45) is 9.53. The fraction of sp³-hybridized carbons (Fsp3) is 0.292. The number of nitrogens with one attached hydrogen (secondary N) is 1. The van der Waals surface area contributed by atoms with E-state index >= 15 is 0 Å². The number of hydrogen-bond donors (Lipinski definition) is 1. The molecule has 1 aliphatic heterocycles. The number of likely N-dealkylation sites (tertiary alicyclic amines) is 1. The maximum atomic E-state index is 13.8. The molecule has 1 fully saturated rings. The highest BCUT2D eigenvalue weighted by Gasteiger charge is 2.23. The number of aromatic nitrogens is 4. The number of fused-ring (bicyclic) bond motifs is 1. The molecule has 6 nitrogen and oxygen atoms in total. The monoisotopic (exact) mass is 416 g/mol. The van der Waals surface area contributed by atoms with Gasteiger partial charge >= 0.3 is 0 Å². The molecule has 1 N–H and O–H groups in total. The average Bonchev–Trinajstić information content (AvgIpc) is 3.09. The zero-order valence-corrected chi connectivity index (χ0v) is 17.5. The van der Waals surface area contributed by atoms with Crippen LogP contribution in [-0.4, -0.2) is 37.5 Å². The topological polar surface area (TPSA) is 58.9 Å². The summed E-state index contributed by atoms with van der Waals surface area (Å²) in [5.74, 6) is 1.68. The van der Waals surface area contributed by atoms with Crippen molar-refractivity contribution in [2.75, 3.05) is 18.4 Å². The van der Waals surface area contributed by atoms with Gasteiger partial charge in [0.25, 0.3) is 0 Å². The third-order valence-electron chi connectivity index (χ3n) is 6.01. The van der Waals surface area contributed by atoms with Crippen LogP contribution in [0, 0.1) is 5.82 Å². The van der Waals surface area contributed by atoms with Gasteiger partial charge in [-0.1, -0.05) is 6.07 Å². The number of nitrogens with zero attached hydrogens (tertiary/aromatic N) is 5. The Morgan fingerprint density at radius 3 is 2.77 bits per heavy atom. The van der Waals surface area contributed by atoms with E-state index in [4.69, 9.17) is 4.98 Å². The Hall–Kier alpha value is -3.32. The van der Waals surface area contributed by atoms with Crippen molar-refractivity contribution < 1.29 is 4.39 Å². The molecule has 0 spiro atoms. The van der Waals surface area contributed by atoms with Crippen molar-refractivity contribution in [2.24, 2.45) is 7.05 Å². The lowest BCUT2D eigenvalue weighted by atomic mass is 9.93. The Morgan fingerprint density at radius 1 is 1.10 bits per heavy atom. The van der Waals surface area contributed by atoms with Crippen LogP contribution >= 0.6 is 0 Å². The number of pyridine rings is 1. The highest BCUT2D eigenvalue weighted by atomic mass is 19.1. The predicted molar refractivity (Wildman–Crippen MR) is 120 cm³/mol. The van der Waals surface area contributed by atoms with Gasteiger partial charge in [-0.15, -0.1) is 0 Å². The van der Waals surface area contributed by atoms with Gasteiger partial charge in [-0.05, 0) is 61.8 Å². The molecule has 31 heavy (non-hydrogen) atoms. The molecule has 0 radical (unpaired) electrons. The van der Waals surface area contributed by atoms with E-state index in [1.54, 1.807) is 18.5 Å². The number of benzene rings is 1. The number of aryl methyl sites for hydroxylation is 1. The molecule has 7 heteroatoms. The number of rotatable bonds is 5. The van der Waals surface area contributed by atoms with Gasteiger partial charge in [0.2, 0.25) is 0 Å². The SMILES string of the molecule is Cn1cc(CN2CCC(c3cncc(Nc4ccccn4)n3)CC2)c2cc(F)ccc21. The molecule has 0 atom stereocenters. The highest BCUT2D eigenvalue weighted by molar-refractivity contribution is 5.84. The summed E-state index contributed by atoms with van der Waals surface area (Å²) < 4.78 is 15.8. The largest absolute Gasteiger partial charge is 0.350 e. The van der Waals surface area contributed by atoms with Gasteiger partial charge in [0.05, 0.1) is 11.9 Å². The first kappa shape index (κ1) is 19.6. The average molecular weight is 417 g/mol. The summed E-state index contributed by atoms with van der Waals surface area (Å²) in [6, 6.07) is 10.8. The Kier molecular flexibility index (Phi) is 5.34. The van der Waals surface area contributed by atoms with Gasteiger partial charge in [0.15, 0.2) is 0 Å². The zero-order valence-electron chi connectivity index (χ0n) is 17.5. The standard InChI is InChI=1S/C24H25FN6/c1-30-15-18(20-12-19(25)5-6-22(20)30)16-31-10-7-17(8-11-31)21-13-26-14-24(28-21)29-23-4-2-3-9-27-23/h2-6,9,12-15,17H,7-8,10-11,16H2,1H3,(H,27,28,29). The van der Waals surface area contributed by atoms with Crippen LogP contribution in [0.3, 0.4) is 0 Å². The first-order chi connectivity index (χ1) is 15.2. The molecule has 0 amide bonds. The molecule has 0 unspecified atom stereocenters. The maximum absolute atomic E-state index is 13.8. The van der Waals surface area contributed by atoms with Crippen LogP contribution in [0.15, 0.2) is 61.2 Å². The van der Waals surface area contributed by atoms with Crippen LogP contribution in [0.4, 0.5) is 16.0 Å². The van der Waals surface area contributed by atoms with Gasteiger partial charge < -0.3 is 9.88 Å². The molecule has 4 heterocycles. The van der Waals surface area contributed by atoms with Crippen molar-refractivity contribution in [3.05, 3.63) is 78.3 Å². The lowest BCUT2D eigenvalue weighted by Crippen LogP contribution is -2.32. The van der Waals surface area contributed by atoms with Crippen molar-refractivity contribution in [3.63, 3.8) is 0 Å². The van der Waals surface area contributed by atoms with E-state index in [0.29, 0.717) is 5.92 Å². The second-order valence-corrected chi connectivity index (χ2v) is 8.15. The minimum atomic E-state index is -0.184. The molecule has 0 aliphatic carbocycles. The Bertz CT molecular complexity index is 1180. The second kappa shape index (κ2) is 8.43. The van der Waals surface area contributed by atoms with E-state index in [2.05, 4.69) is 30.9 Å². The summed E-state index contributed by atoms with van der Waals surface area (Å²) in [6.45, 7) is 2.80. The summed E-state index contributed by atoms with van der Waals surface area (Å²) in [5, 5.41) is 4.22. The summed E-state index contributed by atoms with van der Waals surface area (Å²) in [7, 11) is 2.01. The van der Waals surface area contributed by atoms with Gasteiger partial charge in [-0.3, -0.25) is 9.88 Å². The van der Waals surface area contributed by atoms with Crippen LogP contribution in [0.5, 0.6) is 0 Å². The maximum Gasteiger partial charge on any atom is 0.150 e. The van der Waals surface area contributed by atoms with Gasteiger partial charge in [0, 0.05) is 49.0 Å². The molecular weight excluding hydrogens is 391 g/mol. The van der Waals surface area contributed by atoms with Crippen molar-refractivity contribution in [1.29, 1.82) is 0 Å². The molecule has 1 aliphatic rings. The minimum Gasteiger partial charge on any atom is -0.350 e. The molecule has 0 bridgehead atoms. The first-order valence-corrected chi connectivity index (χ1v) is 10.6. The van der Waals surface area contributed by atoms with Crippen LogP contribution in [0.1, 0.15) is 30.0 Å². The molecule has 0 saturated carbocycles. The normalized spacial score (nSPS) is 15.4. The molecule has 4 aromatic rings. The first-order valence-electron chi connectivity index (χ1n) is 10.6. The quantitative estimate of drug-likeness (QED) is 0.514. The van der Waals surface area contributed by atoms with Crippen LogP contribution in [-0.2, 0) is 13.6 Å². The third-order valence-corrected chi connectivity index (χ3v) is 6.01. The summed E-state index contributed by atoms with van der Waals surface area (Å²) in [5.41, 5.74) is 3.27. The van der Waals surface area contributed by atoms with E-state index in [9.17, 15) is 4.39 Å². The smallest absolute Gasteiger partial charge is 0.150 e. The van der Waals surface area contributed by atoms with Crippen LogP contribution in [0.2, 0.25) is 0 Å². The van der Waals surface area contributed by atoms with Gasteiger partial charge in [0.1, 0.15) is 17.5 Å². The van der Waals surface area contributed by atoms with Gasteiger partial charge in [-0.2, -0.15) is 0 Å². The molecule has 158 valence electrons. The van der Waals surface area contributed by atoms with Crippen molar-refractivity contribution in [2.45, 2.75) is 25.3 Å². The number of piperidine rings is 1. The van der Waals surface area contributed by atoms with Crippen LogP contribution < -0.4 is 5.32 Å². The van der Waals surface area contributed by atoms with Gasteiger partial charge in [-0.25, -0.2) is 14.4 Å². The summed E-state index contributed by atoms with van der Waals surface area (Å²) in [4.78, 5) is 15.9. The van der Waals surface area contributed by atoms with Crippen molar-refractivity contribution in [3.8, 4) is 0 Å².